The Morgan fingerprint density at radius 2 is 2.25 bits per heavy atom. The highest BCUT2D eigenvalue weighted by Gasteiger charge is 2.12. The van der Waals surface area contributed by atoms with Gasteiger partial charge in [0.25, 0.3) is 5.91 Å². The van der Waals surface area contributed by atoms with Crippen LogP contribution < -0.4 is 10.1 Å². The molecule has 0 bridgehead atoms. The van der Waals surface area contributed by atoms with Crippen LogP contribution in [0, 0.1) is 0 Å². The minimum atomic E-state index is -0.499. The van der Waals surface area contributed by atoms with Gasteiger partial charge in [-0.2, -0.15) is 0 Å². The summed E-state index contributed by atoms with van der Waals surface area (Å²) in [6.07, 6.45) is 3.66. The monoisotopic (exact) mass is 345 g/mol. The number of hydrogen-bond donors (Lipinski definition) is 1. The van der Waals surface area contributed by atoms with Gasteiger partial charge in [-0.15, -0.1) is 11.3 Å². The van der Waals surface area contributed by atoms with E-state index in [0.29, 0.717) is 17.1 Å². The largest absolute Gasteiger partial charge is 0.497 e. The summed E-state index contributed by atoms with van der Waals surface area (Å²) in [6, 6.07) is 6.92. The van der Waals surface area contributed by atoms with Crippen LogP contribution in [0.2, 0.25) is 0 Å². The van der Waals surface area contributed by atoms with E-state index in [9.17, 15) is 9.59 Å². The van der Waals surface area contributed by atoms with Gasteiger partial charge in [-0.05, 0) is 12.1 Å². The van der Waals surface area contributed by atoms with Crippen molar-refractivity contribution in [1.82, 2.24) is 9.38 Å². The second-order valence-electron chi connectivity index (χ2n) is 4.94. The first kappa shape index (κ1) is 16.0. The molecule has 0 aliphatic heterocycles. The van der Waals surface area contributed by atoms with Crippen LogP contribution >= 0.6 is 11.3 Å². The van der Waals surface area contributed by atoms with Gasteiger partial charge in [0.15, 0.2) is 11.6 Å². The van der Waals surface area contributed by atoms with E-state index in [-0.39, 0.29) is 13.0 Å². The topological polar surface area (TPSA) is 81.9 Å². The third-order valence-electron chi connectivity index (χ3n) is 3.19. The number of rotatable bonds is 6. The molecule has 1 aromatic carbocycles. The van der Waals surface area contributed by atoms with Crippen LogP contribution in [-0.4, -0.2) is 35.0 Å². The van der Waals surface area contributed by atoms with Gasteiger partial charge in [0.05, 0.1) is 19.2 Å². The summed E-state index contributed by atoms with van der Waals surface area (Å²) in [5.41, 5.74) is 1.18. The van der Waals surface area contributed by atoms with Gasteiger partial charge in [-0.25, -0.2) is 4.98 Å². The van der Waals surface area contributed by atoms with E-state index in [1.165, 1.54) is 11.3 Å². The smallest absolute Gasteiger partial charge is 0.312 e. The van der Waals surface area contributed by atoms with Gasteiger partial charge in [0.2, 0.25) is 0 Å². The number of carbonyl (C=O) groups excluding carboxylic acids is 2. The molecular weight excluding hydrogens is 330 g/mol. The van der Waals surface area contributed by atoms with E-state index in [2.05, 4.69) is 10.3 Å². The summed E-state index contributed by atoms with van der Waals surface area (Å²) in [5.74, 6) is -0.284. The third-order valence-corrected chi connectivity index (χ3v) is 3.96. The number of thiazole rings is 1. The SMILES string of the molecule is COc1cccc(NC(=O)COC(=O)Cc2cn3ccsc3n2)c1. The molecule has 2 aromatic heterocycles. The number of ether oxygens (including phenoxy) is 2. The number of fused-ring (bicyclic) bond motifs is 1. The fraction of sp³-hybridized carbons (Fsp3) is 0.188. The Bertz CT molecular complexity index is 842. The summed E-state index contributed by atoms with van der Waals surface area (Å²) in [7, 11) is 1.54. The summed E-state index contributed by atoms with van der Waals surface area (Å²) in [5, 5.41) is 4.55. The van der Waals surface area contributed by atoms with Crippen LogP contribution in [-0.2, 0) is 20.7 Å². The molecule has 0 saturated heterocycles. The molecule has 0 radical (unpaired) electrons. The molecule has 3 aromatic rings. The molecule has 1 amide bonds. The van der Waals surface area contributed by atoms with Crippen LogP contribution in [0.5, 0.6) is 5.75 Å². The van der Waals surface area contributed by atoms with Crippen LogP contribution in [0.15, 0.2) is 42.0 Å². The number of imidazole rings is 1. The van der Waals surface area contributed by atoms with E-state index in [1.54, 1.807) is 37.6 Å². The molecule has 0 spiro atoms. The van der Waals surface area contributed by atoms with Gasteiger partial charge >= 0.3 is 5.97 Å². The van der Waals surface area contributed by atoms with Crippen molar-refractivity contribution in [3.05, 3.63) is 47.7 Å². The fourth-order valence-electron chi connectivity index (χ4n) is 2.10. The van der Waals surface area contributed by atoms with Crippen LogP contribution in [0.1, 0.15) is 5.69 Å². The first-order valence-electron chi connectivity index (χ1n) is 7.14. The van der Waals surface area contributed by atoms with E-state index in [0.717, 1.165) is 4.96 Å². The molecule has 0 aliphatic rings. The maximum Gasteiger partial charge on any atom is 0.312 e. The predicted molar refractivity (Wildman–Crippen MR) is 89.4 cm³/mol. The molecule has 0 fully saturated rings. The highest BCUT2D eigenvalue weighted by atomic mass is 32.1. The lowest BCUT2D eigenvalue weighted by atomic mass is 10.3. The number of benzene rings is 1. The first-order valence-corrected chi connectivity index (χ1v) is 8.02. The van der Waals surface area contributed by atoms with E-state index >= 15 is 0 Å². The Kier molecular flexibility index (Phi) is 4.76. The zero-order valence-electron chi connectivity index (χ0n) is 12.9. The number of hydrogen-bond acceptors (Lipinski definition) is 6. The van der Waals surface area contributed by atoms with Gasteiger partial charge in [0, 0.05) is 29.5 Å². The number of amides is 1. The van der Waals surface area contributed by atoms with Gasteiger partial charge < -0.3 is 14.8 Å². The summed E-state index contributed by atoms with van der Waals surface area (Å²) in [4.78, 5) is 28.7. The van der Waals surface area contributed by atoms with Gasteiger partial charge in [0.1, 0.15) is 5.75 Å². The molecule has 0 aliphatic carbocycles. The van der Waals surface area contributed by atoms with Gasteiger partial charge in [-0.1, -0.05) is 6.07 Å². The Labute approximate surface area is 141 Å². The van der Waals surface area contributed by atoms with Crippen molar-refractivity contribution in [1.29, 1.82) is 0 Å². The molecule has 0 saturated carbocycles. The first-order chi connectivity index (χ1) is 11.6. The average molecular weight is 345 g/mol. The van der Waals surface area contributed by atoms with Crippen molar-refractivity contribution >= 4 is 33.9 Å². The zero-order chi connectivity index (χ0) is 16.9. The average Bonchev–Trinajstić information content (AvgIpc) is 3.14. The maximum absolute atomic E-state index is 11.8. The van der Waals surface area contributed by atoms with Crippen LogP contribution in [0.3, 0.4) is 0 Å². The van der Waals surface area contributed by atoms with Crippen molar-refractivity contribution in [3.8, 4) is 5.75 Å². The molecule has 7 nitrogen and oxygen atoms in total. The van der Waals surface area contributed by atoms with Gasteiger partial charge in [-0.3, -0.25) is 14.0 Å². The van der Waals surface area contributed by atoms with Crippen LogP contribution in [0.4, 0.5) is 5.69 Å². The molecule has 24 heavy (non-hydrogen) atoms. The number of esters is 1. The number of anilines is 1. The van der Waals surface area contributed by atoms with E-state index in [4.69, 9.17) is 9.47 Å². The third kappa shape index (κ3) is 3.90. The van der Waals surface area contributed by atoms with Crippen molar-refractivity contribution in [3.63, 3.8) is 0 Å². The van der Waals surface area contributed by atoms with Crippen molar-refractivity contribution in [2.45, 2.75) is 6.42 Å². The van der Waals surface area contributed by atoms with E-state index in [1.807, 2.05) is 16.0 Å². The lowest BCUT2D eigenvalue weighted by molar-refractivity contribution is -0.146. The molecule has 1 N–H and O–H groups in total. The maximum atomic E-state index is 11.8. The molecule has 124 valence electrons. The highest BCUT2D eigenvalue weighted by Crippen LogP contribution is 2.16. The molecule has 0 unspecified atom stereocenters. The van der Waals surface area contributed by atoms with Crippen LogP contribution in [0.25, 0.3) is 4.96 Å². The Hall–Kier alpha value is -2.87. The van der Waals surface area contributed by atoms with Crippen molar-refractivity contribution < 1.29 is 19.1 Å². The number of nitrogens with zero attached hydrogens (tertiary/aromatic N) is 2. The summed E-state index contributed by atoms with van der Waals surface area (Å²) >= 11 is 1.48. The Balaban J connectivity index is 1.48. The predicted octanol–water partition coefficient (Wildman–Crippen LogP) is 2.13. The quantitative estimate of drug-likeness (QED) is 0.692. The van der Waals surface area contributed by atoms with Crippen molar-refractivity contribution in [2.24, 2.45) is 0 Å². The second-order valence-corrected chi connectivity index (χ2v) is 5.82. The number of nitrogens with one attached hydrogen (secondary N) is 1. The Morgan fingerprint density at radius 3 is 3.04 bits per heavy atom. The zero-order valence-corrected chi connectivity index (χ0v) is 13.7. The second kappa shape index (κ2) is 7.14. The number of carbonyl (C=O) groups is 2. The molecule has 3 rings (SSSR count). The van der Waals surface area contributed by atoms with E-state index < -0.39 is 11.9 Å². The minimum Gasteiger partial charge on any atom is -0.497 e. The molecular formula is C16H15N3O4S. The number of methoxy groups -OCH3 is 1. The minimum absolute atomic E-state index is 0.0286. The Morgan fingerprint density at radius 1 is 1.38 bits per heavy atom. The normalized spacial score (nSPS) is 10.5. The molecule has 0 atom stereocenters. The lowest BCUT2D eigenvalue weighted by Crippen LogP contribution is -2.21. The summed E-state index contributed by atoms with van der Waals surface area (Å²) in [6.45, 7) is -0.349. The molecule has 2 heterocycles. The van der Waals surface area contributed by atoms with Crippen molar-refractivity contribution in [2.75, 3.05) is 19.0 Å². The summed E-state index contributed by atoms with van der Waals surface area (Å²) < 4.78 is 11.9. The standard InChI is InChI=1S/C16H15N3O4S/c1-22-13-4-2-3-11(7-13)17-14(20)10-23-15(21)8-12-9-19-5-6-24-16(19)18-12/h2-7,9H,8,10H2,1H3,(H,17,20). The molecule has 8 heteroatoms. The lowest BCUT2D eigenvalue weighted by Gasteiger charge is -2.07. The highest BCUT2D eigenvalue weighted by molar-refractivity contribution is 7.15. The number of aromatic nitrogens is 2. The fourth-order valence-corrected chi connectivity index (χ4v) is 2.82.